The smallest absolute Gasteiger partial charge is 0.00261 e. The van der Waals surface area contributed by atoms with Crippen molar-refractivity contribution in [1.82, 2.24) is 0 Å². The number of hydrogen-bond donors (Lipinski definition) is 0. The van der Waals surface area contributed by atoms with Crippen LogP contribution >= 0.6 is 0 Å². The fourth-order valence-electron chi connectivity index (χ4n) is 9.65. The molecule has 0 aliphatic carbocycles. The van der Waals surface area contributed by atoms with E-state index in [0.717, 1.165) is 0 Å². The SMILES string of the molecule is CC(C)c1cccc(-c2c3ccccc3c(-c3ccc(-c4cccc(-c5ccccc5)c4)c(-c4ccc(-c5ccc(-c6cccc7ccccc67)cc5)cc4)c3)c3ccccc23)c1. The Morgan fingerprint density at radius 2 is 0.667 bits per heavy atom. The fourth-order valence-corrected chi connectivity index (χ4v) is 9.65. The molecule has 0 atom stereocenters. The third-order valence-electron chi connectivity index (χ3n) is 12.9. The lowest BCUT2D eigenvalue weighted by Crippen LogP contribution is -1.94. The Bertz CT molecular complexity index is 3380. The van der Waals surface area contributed by atoms with Crippen LogP contribution in [0.25, 0.3) is 110 Å². The molecule has 0 heterocycles. The maximum atomic E-state index is 2.44. The van der Waals surface area contributed by atoms with Gasteiger partial charge in [0.2, 0.25) is 0 Å². The Hall–Kier alpha value is -7.80. The van der Waals surface area contributed by atoms with Crippen molar-refractivity contribution >= 4 is 32.3 Å². The van der Waals surface area contributed by atoms with Gasteiger partial charge in [0.15, 0.2) is 0 Å². The second-order valence-electron chi connectivity index (χ2n) is 17.0. The maximum Gasteiger partial charge on any atom is -0.00261 e. The first-order valence-electron chi connectivity index (χ1n) is 22.1. The Morgan fingerprint density at radius 1 is 0.238 bits per heavy atom. The monoisotopic (exact) mass is 802 g/mol. The van der Waals surface area contributed by atoms with Gasteiger partial charge in [0.05, 0.1) is 0 Å². The average molecular weight is 803 g/mol. The molecule has 0 saturated heterocycles. The lowest BCUT2D eigenvalue weighted by Gasteiger charge is -2.20. The zero-order valence-corrected chi connectivity index (χ0v) is 35.6. The lowest BCUT2D eigenvalue weighted by molar-refractivity contribution is 0.867. The van der Waals surface area contributed by atoms with Gasteiger partial charge in [-0.3, -0.25) is 0 Å². The van der Waals surface area contributed by atoms with Gasteiger partial charge >= 0.3 is 0 Å². The Morgan fingerprint density at radius 3 is 1.30 bits per heavy atom. The van der Waals surface area contributed by atoms with Crippen LogP contribution in [0.4, 0.5) is 0 Å². The summed E-state index contributed by atoms with van der Waals surface area (Å²) in [4.78, 5) is 0. The minimum Gasteiger partial charge on any atom is -0.0622 e. The van der Waals surface area contributed by atoms with E-state index in [9.17, 15) is 0 Å². The highest BCUT2D eigenvalue weighted by atomic mass is 14.2. The molecule has 0 radical (unpaired) electrons. The van der Waals surface area contributed by atoms with Gasteiger partial charge in [0.1, 0.15) is 0 Å². The van der Waals surface area contributed by atoms with Crippen molar-refractivity contribution in [1.29, 1.82) is 0 Å². The average Bonchev–Trinajstić information content (AvgIpc) is 3.35. The van der Waals surface area contributed by atoms with Crippen molar-refractivity contribution in [3.8, 4) is 77.9 Å². The molecule has 0 aliphatic rings. The van der Waals surface area contributed by atoms with Gasteiger partial charge < -0.3 is 0 Å². The number of rotatable bonds is 8. The van der Waals surface area contributed by atoms with Gasteiger partial charge in [-0.25, -0.2) is 0 Å². The van der Waals surface area contributed by atoms with Crippen molar-refractivity contribution in [3.05, 3.63) is 242 Å². The molecule has 0 nitrogen and oxygen atoms in total. The molecular formula is C63H46. The summed E-state index contributed by atoms with van der Waals surface area (Å²) in [7, 11) is 0. The van der Waals surface area contributed by atoms with E-state index in [-0.39, 0.29) is 0 Å². The maximum absolute atomic E-state index is 2.44. The highest BCUT2D eigenvalue weighted by Gasteiger charge is 2.19. The molecule has 0 N–H and O–H groups in total. The molecule has 11 aromatic rings. The van der Waals surface area contributed by atoms with E-state index >= 15 is 0 Å². The summed E-state index contributed by atoms with van der Waals surface area (Å²) >= 11 is 0. The molecule has 11 rings (SSSR count). The molecule has 0 aliphatic heterocycles. The van der Waals surface area contributed by atoms with E-state index in [1.807, 2.05) is 0 Å². The molecule has 0 heteroatoms. The summed E-state index contributed by atoms with van der Waals surface area (Å²) < 4.78 is 0. The quantitative estimate of drug-likeness (QED) is 0.134. The van der Waals surface area contributed by atoms with Crippen molar-refractivity contribution in [2.75, 3.05) is 0 Å². The summed E-state index contributed by atoms with van der Waals surface area (Å²) in [6.07, 6.45) is 0. The number of hydrogen-bond acceptors (Lipinski definition) is 0. The molecule has 0 fully saturated rings. The topological polar surface area (TPSA) is 0 Å². The highest BCUT2D eigenvalue weighted by Crippen LogP contribution is 2.46. The molecule has 63 heavy (non-hydrogen) atoms. The second-order valence-corrected chi connectivity index (χ2v) is 17.0. The predicted octanol–water partition coefficient (Wildman–Crippen LogP) is 17.9. The third kappa shape index (κ3) is 7.10. The van der Waals surface area contributed by atoms with E-state index < -0.39 is 0 Å². The molecule has 0 bridgehead atoms. The summed E-state index contributed by atoms with van der Waals surface area (Å²) in [5.41, 5.74) is 18.5. The van der Waals surface area contributed by atoms with Crippen LogP contribution in [0, 0.1) is 0 Å². The van der Waals surface area contributed by atoms with Crippen LogP contribution in [0.2, 0.25) is 0 Å². The minimum absolute atomic E-state index is 0.447. The lowest BCUT2D eigenvalue weighted by atomic mass is 9.83. The molecule has 0 saturated carbocycles. The minimum atomic E-state index is 0.447. The van der Waals surface area contributed by atoms with E-state index in [1.54, 1.807) is 0 Å². The van der Waals surface area contributed by atoms with Gasteiger partial charge in [-0.1, -0.05) is 238 Å². The van der Waals surface area contributed by atoms with Crippen LogP contribution in [0.3, 0.4) is 0 Å². The van der Waals surface area contributed by atoms with Crippen molar-refractivity contribution < 1.29 is 0 Å². The van der Waals surface area contributed by atoms with Crippen LogP contribution in [0.5, 0.6) is 0 Å². The first kappa shape index (κ1) is 38.1. The van der Waals surface area contributed by atoms with Crippen LogP contribution < -0.4 is 0 Å². The van der Waals surface area contributed by atoms with Gasteiger partial charge in [-0.15, -0.1) is 0 Å². The van der Waals surface area contributed by atoms with Gasteiger partial charge in [-0.2, -0.15) is 0 Å². The van der Waals surface area contributed by atoms with Crippen LogP contribution in [-0.4, -0.2) is 0 Å². The van der Waals surface area contributed by atoms with Gasteiger partial charge in [0, 0.05) is 0 Å². The van der Waals surface area contributed by atoms with Gasteiger partial charge in [-0.05, 0) is 134 Å². The molecule has 298 valence electrons. The van der Waals surface area contributed by atoms with E-state index in [0.29, 0.717) is 5.92 Å². The van der Waals surface area contributed by atoms with Crippen molar-refractivity contribution in [2.24, 2.45) is 0 Å². The zero-order valence-electron chi connectivity index (χ0n) is 35.6. The second kappa shape index (κ2) is 16.2. The molecule has 11 aromatic carbocycles. The first-order valence-corrected chi connectivity index (χ1v) is 22.1. The zero-order chi connectivity index (χ0) is 42.3. The summed E-state index contributed by atoms with van der Waals surface area (Å²) in [6, 6.07) is 87.3. The molecule has 0 spiro atoms. The number of benzene rings is 11. The van der Waals surface area contributed by atoms with E-state index in [4.69, 9.17) is 0 Å². The van der Waals surface area contributed by atoms with Gasteiger partial charge in [0.25, 0.3) is 0 Å². The van der Waals surface area contributed by atoms with Crippen molar-refractivity contribution in [2.45, 2.75) is 19.8 Å². The van der Waals surface area contributed by atoms with E-state index in [2.05, 4.69) is 250 Å². The summed E-state index contributed by atoms with van der Waals surface area (Å²) in [5, 5.41) is 7.59. The summed E-state index contributed by atoms with van der Waals surface area (Å²) in [6.45, 7) is 4.55. The molecular weight excluding hydrogens is 757 g/mol. The Kier molecular flexibility index (Phi) is 9.83. The molecule has 0 unspecified atom stereocenters. The highest BCUT2D eigenvalue weighted by molar-refractivity contribution is 6.21. The molecule has 0 aromatic heterocycles. The van der Waals surface area contributed by atoms with Crippen LogP contribution in [0.15, 0.2) is 237 Å². The van der Waals surface area contributed by atoms with E-state index in [1.165, 1.54) is 116 Å². The Balaban J connectivity index is 1.06. The largest absolute Gasteiger partial charge is 0.0622 e. The molecule has 0 amide bonds. The Labute approximate surface area is 370 Å². The summed E-state index contributed by atoms with van der Waals surface area (Å²) in [5.74, 6) is 0.447. The number of fused-ring (bicyclic) bond motifs is 3. The third-order valence-corrected chi connectivity index (χ3v) is 12.9. The van der Waals surface area contributed by atoms with Crippen molar-refractivity contribution in [3.63, 3.8) is 0 Å². The normalized spacial score (nSPS) is 11.5. The first-order chi connectivity index (χ1) is 31.1. The standard InChI is InChI=1S/C63H46/c1-42(2)49-19-12-22-52(39-49)62-57-24-8-10-26-59(57)63(60-27-11-9-25-58(60)62)53-37-38-56(51-21-13-20-50(40-51)43-15-4-3-5-16-43)61(41-53)48-35-31-45(32-36-48)44-29-33-47(34-30-44)55-28-14-18-46-17-6-7-23-54(46)55/h3-42H,1-2H3. The van der Waals surface area contributed by atoms with Crippen LogP contribution in [-0.2, 0) is 0 Å². The predicted molar refractivity (Wildman–Crippen MR) is 271 cm³/mol. The fraction of sp³-hybridized carbons (Fsp3) is 0.0476. The van der Waals surface area contributed by atoms with Crippen LogP contribution in [0.1, 0.15) is 25.3 Å².